The van der Waals surface area contributed by atoms with E-state index in [-0.39, 0.29) is 29.9 Å². The number of rotatable bonds is 4. The minimum Gasteiger partial charge on any atom is -0.504 e. The molecule has 1 aromatic carbocycles. The zero-order valence-corrected chi connectivity index (χ0v) is 15.7. The highest BCUT2D eigenvalue weighted by Gasteiger charge is 2.66. The Kier molecular flexibility index (Phi) is 3.73. The lowest BCUT2D eigenvalue weighted by molar-refractivity contribution is -0.211. The standard InChI is InChI=1S/C20H26N2O5/c1-21-8-7-20-12-4-5-13(22(26-2)10-16(24)25)19(20)27-18-15(23)6-3-11(17(18)20)9-14(12)21/h3,6,12-14,19,23H,4-5,7-10H2,1-2H3,(H,24,25)/t12-,13-,14+,19-,20-/m0/s1. The predicted molar refractivity (Wildman–Crippen MR) is 96.8 cm³/mol. The van der Waals surface area contributed by atoms with Crippen molar-refractivity contribution >= 4 is 5.97 Å². The molecule has 2 aliphatic heterocycles. The second kappa shape index (κ2) is 5.83. The number of aliphatic carboxylic acids is 1. The van der Waals surface area contributed by atoms with Crippen LogP contribution in [0, 0.1) is 5.92 Å². The molecule has 2 N–H and O–H groups in total. The highest BCUT2D eigenvalue weighted by Crippen LogP contribution is 2.64. The fraction of sp³-hybridized carbons (Fsp3) is 0.650. The van der Waals surface area contributed by atoms with Crippen molar-refractivity contribution in [1.82, 2.24) is 9.96 Å². The van der Waals surface area contributed by atoms with E-state index >= 15 is 0 Å². The van der Waals surface area contributed by atoms with Crippen LogP contribution >= 0.6 is 0 Å². The molecule has 1 aromatic rings. The van der Waals surface area contributed by atoms with Gasteiger partial charge in [-0.2, -0.15) is 5.06 Å². The first-order chi connectivity index (χ1) is 13.0. The van der Waals surface area contributed by atoms with Gasteiger partial charge in [-0.1, -0.05) is 6.07 Å². The fourth-order valence-electron chi connectivity index (χ4n) is 6.46. The van der Waals surface area contributed by atoms with Gasteiger partial charge in [0, 0.05) is 17.0 Å². The molecule has 1 spiro atoms. The topological polar surface area (TPSA) is 82.5 Å². The van der Waals surface area contributed by atoms with Crippen LogP contribution in [0.3, 0.4) is 0 Å². The van der Waals surface area contributed by atoms with E-state index in [1.165, 1.54) is 18.2 Å². The minimum atomic E-state index is -0.916. The molecule has 2 bridgehead atoms. The Hall–Kier alpha value is -1.83. The molecule has 2 fully saturated rings. The molecule has 0 amide bonds. The van der Waals surface area contributed by atoms with Crippen molar-refractivity contribution in [2.24, 2.45) is 5.92 Å². The van der Waals surface area contributed by atoms with Gasteiger partial charge >= 0.3 is 5.97 Å². The number of aromatic hydroxyl groups is 1. The van der Waals surface area contributed by atoms with Crippen molar-refractivity contribution < 1.29 is 24.6 Å². The Morgan fingerprint density at radius 3 is 3.00 bits per heavy atom. The Balaban J connectivity index is 1.65. The maximum absolute atomic E-state index is 11.4. The minimum absolute atomic E-state index is 0.149. The average molecular weight is 374 g/mol. The molecule has 27 heavy (non-hydrogen) atoms. The van der Waals surface area contributed by atoms with Crippen molar-refractivity contribution in [2.75, 3.05) is 27.2 Å². The number of likely N-dealkylation sites (tertiary alicyclic amines) is 1. The second-order valence-electron chi connectivity index (χ2n) is 8.43. The first-order valence-electron chi connectivity index (χ1n) is 9.72. The monoisotopic (exact) mass is 374 g/mol. The number of hydrogen-bond donors (Lipinski definition) is 2. The molecular formula is C20H26N2O5. The molecule has 5 atom stereocenters. The van der Waals surface area contributed by atoms with E-state index in [0.29, 0.717) is 17.7 Å². The molecule has 2 aliphatic carbocycles. The van der Waals surface area contributed by atoms with Crippen LogP contribution in [0.5, 0.6) is 11.5 Å². The SMILES string of the molecule is CON(CC(=O)O)[C@H]1CC[C@H]2[C@H]3Cc4ccc(O)c5c4[C@@]2(CCN3C)[C@H]1O5. The second-order valence-corrected chi connectivity index (χ2v) is 8.43. The van der Waals surface area contributed by atoms with Crippen LogP contribution in [-0.2, 0) is 21.5 Å². The summed E-state index contributed by atoms with van der Waals surface area (Å²) in [4.78, 5) is 19.3. The van der Waals surface area contributed by atoms with Gasteiger partial charge in [0.05, 0.1) is 13.2 Å². The molecule has 2 heterocycles. The van der Waals surface area contributed by atoms with E-state index in [9.17, 15) is 15.0 Å². The van der Waals surface area contributed by atoms with Gasteiger partial charge in [0.2, 0.25) is 0 Å². The number of hydroxylamine groups is 2. The summed E-state index contributed by atoms with van der Waals surface area (Å²) in [5, 5.41) is 21.4. The summed E-state index contributed by atoms with van der Waals surface area (Å²) < 4.78 is 6.44. The van der Waals surface area contributed by atoms with Crippen LogP contribution in [-0.4, -0.2) is 71.6 Å². The molecule has 0 radical (unpaired) electrons. The molecule has 7 heteroatoms. The molecular weight excluding hydrogens is 348 g/mol. The molecule has 146 valence electrons. The highest BCUT2D eigenvalue weighted by atomic mass is 16.7. The normalized spacial score (nSPS) is 36.4. The van der Waals surface area contributed by atoms with Crippen molar-refractivity contribution in [3.63, 3.8) is 0 Å². The zero-order chi connectivity index (χ0) is 18.9. The lowest BCUT2D eigenvalue weighted by atomic mass is 9.51. The maximum Gasteiger partial charge on any atom is 0.320 e. The quantitative estimate of drug-likeness (QED) is 0.771. The van der Waals surface area contributed by atoms with Gasteiger partial charge in [-0.15, -0.1) is 0 Å². The number of benzene rings is 1. The summed E-state index contributed by atoms with van der Waals surface area (Å²) in [5.41, 5.74) is 2.27. The lowest BCUT2D eigenvalue weighted by Gasteiger charge is -2.59. The Morgan fingerprint density at radius 2 is 2.26 bits per heavy atom. The molecule has 1 saturated carbocycles. The van der Waals surface area contributed by atoms with E-state index < -0.39 is 5.97 Å². The fourth-order valence-corrected chi connectivity index (χ4v) is 6.46. The third-order valence-corrected chi connectivity index (χ3v) is 7.46. The number of nitrogens with zero attached hydrogens (tertiary/aromatic N) is 2. The number of phenolic OH excluding ortho intramolecular Hbond substituents is 1. The smallest absolute Gasteiger partial charge is 0.320 e. The Labute approximate surface area is 158 Å². The third kappa shape index (κ3) is 2.16. The first kappa shape index (κ1) is 17.3. The van der Waals surface area contributed by atoms with Gasteiger partial charge in [-0.25, -0.2) is 0 Å². The van der Waals surface area contributed by atoms with Crippen LogP contribution in [0.4, 0.5) is 0 Å². The number of ether oxygens (including phenoxy) is 1. The number of carboxylic acids is 1. The van der Waals surface area contributed by atoms with E-state index in [0.717, 1.165) is 32.2 Å². The average Bonchev–Trinajstić information content (AvgIpc) is 2.99. The number of carboxylic acid groups (broad SMARTS) is 1. The number of carbonyl (C=O) groups is 1. The summed E-state index contributed by atoms with van der Waals surface area (Å²) in [6, 6.07) is 4.09. The van der Waals surface area contributed by atoms with E-state index in [1.807, 2.05) is 6.07 Å². The largest absolute Gasteiger partial charge is 0.504 e. The number of phenols is 1. The predicted octanol–water partition coefficient (Wildman–Crippen LogP) is 1.38. The van der Waals surface area contributed by atoms with Crippen molar-refractivity contribution in [2.45, 2.75) is 49.3 Å². The molecule has 5 rings (SSSR count). The van der Waals surface area contributed by atoms with Crippen molar-refractivity contribution in [3.05, 3.63) is 23.3 Å². The van der Waals surface area contributed by atoms with Crippen LogP contribution in [0.15, 0.2) is 12.1 Å². The van der Waals surface area contributed by atoms with Crippen LogP contribution < -0.4 is 4.74 Å². The summed E-state index contributed by atoms with van der Waals surface area (Å²) >= 11 is 0. The molecule has 0 unspecified atom stereocenters. The van der Waals surface area contributed by atoms with Gasteiger partial charge in [0.25, 0.3) is 0 Å². The van der Waals surface area contributed by atoms with Crippen LogP contribution in [0.1, 0.15) is 30.4 Å². The van der Waals surface area contributed by atoms with Gasteiger partial charge in [0.1, 0.15) is 12.6 Å². The maximum atomic E-state index is 11.4. The molecule has 1 saturated heterocycles. The number of hydrogen-bond acceptors (Lipinski definition) is 6. The summed E-state index contributed by atoms with van der Waals surface area (Å²) in [7, 11) is 3.72. The van der Waals surface area contributed by atoms with Crippen LogP contribution in [0.2, 0.25) is 0 Å². The number of likely N-dealkylation sites (N-methyl/N-ethyl adjacent to an activating group) is 1. The summed E-state index contributed by atoms with van der Waals surface area (Å²) in [6.07, 6.45) is 3.57. The molecule has 0 aromatic heterocycles. The van der Waals surface area contributed by atoms with Crippen LogP contribution in [0.25, 0.3) is 0 Å². The van der Waals surface area contributed by atoms with Gasteiger partial charge in [-0.05, 0) is 56.8 Å². The Morgan fingerprint density at radius 1 is 1.44 bits per heavy atom. The summed E-state index contributed by atoms with van der Waals surface area (Å²) in [6.45, 7) is 0.800. The van der Waals surface area contributed by atoms with E-state index in [1.54, 1.807) is 11.1 Å². The summed E-state index contributed by atoms with van der Waals surface area (Å²) in [5.74, 6) is 0.343. The van der Waals surface area contributed by atoms with Gasteiger partial charge in [0.15, 0.2) is 11.5 Å². The van der Waals surface area contributed by atoms with Gasteiger partial charge in [-0.3, -0.25) is 4.79 Å². The lowest BCUT2D eigenvalue weighted by Crippen LogP contribution is -2.68. The van der Waals surface area contributed by atoms with Crippen molar-refractivity contribution in [1.29, 1.82) is 0 Å². The van der Waals surface area contributed by atoms with E-state index in [2.05, 4.69) is 11.9 Å². The first-order valence-corrected chi connectivity index (χ1v) is 9.72. The zero-order valence-electron chi connectivity index (χ0n) is 15.7. The third-order valence-electron chi connectivity index (χ3n) is 7.46. The van der Waals surface area contributed by atoms with E-state index in [4.69, 9.17) is 9.57 Å². The van der Waals surface area contributed by atoms with Gasteiger partial charge < -0.3 is 24.7 Å². The number of piperidine rings is 1. The van der Waals surface area contributed by atoms with Crippen molar-refractivity contribution in [3.8, 4) is 11.5 Å². The molecule has 7 nitrogen and oxygen atoms in total. The molecule has 4 aliphatic rings. The highest BCUT2D eigenvalue weighted by molar-refractivity contribution is 5.69. The Bertz CT molecular complexity index is 799.